The first-order valence-electron chi connectivity index (χ1n) is 10.5. The van der Waals surface area contributed by atoms with Gasteiger partial charge in [0.25, 0.3) is 0 Å². The molecule has 1 heterocycles. The average Bonchev–Trinajstić information content (AvgIpc) is 2.76. The molecule has 1 aliphatic rings. The van der Waals surface area contributed by atoms with Crippen molar-refractivity contribution in [3.05, 3.63) is 60.4 Å². The van der Waals surface area contributed by atoms with Crippen LogP contribution in [0.3, 0.4) is 0 Å². The van der Waals surface area contributed by atoms with E-state index in [0.29, 0.717) is 5.92 Å². The van der Waals surface area contributed by atoms with Crippen molar-refractivity contribution in [1.82, 2.24) is 9.97 Å². The van der Waals surface area contributed by atoms with Gasteiger partial charge in [-0.1, -0.05) is 49.6 Å². The fourth-order valence-electron chi connectivity index (χ4n) is 3.98. The van der Waals surface area contributed by atoms with Crippen LogP contribution >= 0.6 is 0 Å². The quantitative estimate of drug-likeness (QED) is 0.518. The normalized spacial score (nSPS) is 14.9. The van der Waals surface area contributed by atoms with E-state index in [1.54, 1.807) is 6.33 Å². The van der Waals surface area contributed by atoms with Gasteiger partial charge in [-0.3, -0.25) is 0 Å². The molecule has 0 aliphatic heterocycles. The van der Waals surface area contributed by atoms with Crippen molar-refractivity contribution >= 4 is 16.7 Å². The van der Waals surface area contributed by atoms with E-state index in [1.165, 1.54) is 37.7 Å². The highest BCUT2D eigenvalue weighted by Gasteiger charge is 2.14. The van der Waals surface area contributed by atoms with E-state index in [4.69, 9.17) is 4.74 Å². The molecule has 28 heavy (non-hydrogen) atoms. The third kappa shape index (κ3) is 5.00. The monoisotopic (exact) mass is 375 g/mol. The second-order valence-electron chi connectivity index (χ2n) is 7.73. The predicted molar refractivity (Wildman–Crippen MR) is 115 cm³/mol. The summed E-state index contributed by atoms with van der Waals surface area (Å²) < 4.78 is 6.06. The maximum atomic E-state index is 6.06. The standard InChI is InChI=1S/C24H29N3O/c1-3-8-19(9-4-1)12-7-15-25-24-22-14-13-21(16-23(22)26-18-27-24)28-17-20-10-5-2-6-11-20/h1,3-4,8-9,13-14,16,18,20H,2,5-7,10-12,15,17H2,(H,25,26,27). The number of benzene rings is 2. The van der Waals surface area contributed by atoms with Crippen LogP contribution in [0.1, 0.15) is 44.1 Å². The van der Waals surface area contributed by atoms with Crippen molar-refractivity contribution in [1.29, 1.82) is 0 Å². The number of hydrogen-bond donors (Lipinski definition) is 1. The van der Waals surface area contributed by atoms with Crippen molar-refractivity contribution in [2.24, 2.45) is 5.92 Å². The largest absolute Gasteiger partial charge is 0.493 e. The van der Waals surface area contributed by atoms with Gasteiger partial charge in [0, 0.05) is 18.0 Å². The van der Waals surface area contributed by atoms with Gasteiger partial charge < -0.3 is 10.1 Å². The summed E-state index contributed by atoms with van der Waals surface area (Å²) in [5.41, 5.74) is 2.30. The Balaban J connectivity index is 1.33. The molecule has 1 fully saturated rings. The lowest BCUT2D eigenvalue weighted by Crippen LogP contribution is -2.15. The smallest absolute Gasteiger partial charge is 0.137 e. The summed E-state index contributed by atoms with van der Waals surface area (Å²) in [6.07, 6.45) is 10.4. The number of fused-ring (bicyclic) bond motifs is 1. The third-order valence-corrected chi connectivity index (χ3v) is 5.60. The summed E-state index contributed by atoms with van der Waals surface area (Å²) in [6, 6.07) is 16.7. The van der Waals surface area contributed by atoms with E-state index < -0.39 is 0 Å². The first kappa shape index (κ1) is 18.7. The van der Waals surface area contributed by atoms with Gasteiger partial charge in [0.15, 0.2) is 0 Å². The Morgan fingerprint density at radius 2 is 1.82 bits per heavy atom. The lowest BCUT2D eigenvalue weighted by Gasteiger charge is -2.21. The molecule has 4 rings (SSSR count). The average molecular weight is 376 g/mol. The van der Waals surface area contributed by atoms with Gasteiger partial charge in [-0.15, -0.1) is 0 Å². The van der Waals surface area contributed by atoms with E-state index in [2.05, 4.69) is 51.7 Å². The van der Waals surface area contributed by atoms with Gasteiger partial charge in [-0.2, -0.15) is 0 Å². The zero-order valence-electron chi connectivity index (χ0n) is 16.4. The molecular weight excluding hydrogens is 346 g/mol. The second-order valence-corrected chi connectivity index (χ2v) is 7.73. The molecule has 1 aromatic heterocycles. The number of rotatable bonds is 8. The molecular formula is C24H29N3O. The maximum Gasteiger partial charge on any atom is 0.137 e. The number of nitrogens with one attached hydrogen (secondary N) is 1. The van der Waals surface area contributed by atoms with Crippen LogP contribution in [0, 0.1) is 5.92 Å². The molecule has 1 saturated carbocycles. The molecule has 0 bridgehead atoms. The molecule has 0 amide bonds. The number of hydrogen-bond acceptors (Lipinski definition) is 4. The Hall–Kier alpha value is -2.62. The van der Waals surface area contributed by atoms with Crippen LogP contribution in [0.25, 0.3) is 10.9 Å². The lowest BCUT2D eigenvalue weighted by molar-refractivity contribution is 0.209. The van der Waals surface area contributed by atoms with Crippen LogP contribution in [-0.2, 0) is 6.42 Å². The van der Waals surface area contributed by atoms with E-state index in [9.17, 15) is 0 Å². The molecule has 0 unspecified atom stereocenters. The van der Waals surface area contributed by atoms with E-state index >= 15 is 0 Å². The molecule has 4 heteroatoms. The van der Waals surface area contributed by atoms with Crippen molar-refractivity contribution in [3.63, 3.8) is 0 Å². The minimum absolute atomic E-state index is 0.705. The van der Waals surface area contributed by atoms with Gasteiger partial charge in [-0.25, -0.2) is 9.97 Å². The molecule has 146 valence electrons. The summed E-state index contributed by atoms with van der Waals surface area (Å²) in [5, 5.41) is 4.52. The topological polar surface area (TPSA) is 47.0 Å². The van der Waals surface area contributed by atoms with Gasteiger partial charge in [0.2, 0.25) is 0 Å². The Labute approximate surface area is 167 Å². The molecule has 0 atom stereocenters. The molecule has 4 nitrogen and oxygen atoms in total. The number of ether oxygens (including phenoxy) is 1. The van der Waals surface area contributed by atoms with E-state index in [1.807, 2.05) is 12.1 Å². The summed E-state index contributed by atoms with van der Waals surface area (Å²) in [6.45, 7) is 1.71. The highest BCUT2D eigenvalue weighted by molar-refractivity contribution is 5.89. The Morgan fingerprint density at radius 1 is 0.964 bits per heavy atom. The highest BCUT2D eigenvalue weighted by atomic mass is 16.5. The maximum absolute atomic E-state index is 6.06. The van der Waals surface area contributed by atoms with Crippen LogP contribution in [-0.4, -0.2) is 23.1 Å². The summed E-state index contributed by atoms with van der Waals surface area (Å²) in [7, 11) is 0. The number of aromatic nitrogens is 2. The number of nitrogens with zero attached hydrogens (tertiary/aromatic N) is 2. The molecule has 1 aliphatic carbocycles. The van der Waals surface area contributed by atoms with Crippen molar-refractivity contribution in [2.75, 3.05) is 18.5 Å². The van der Waals surface area contributed by atoms with Crippen molar-refractivity contribution < 1.29 is 4.74 Å². The summed E-state index contributed by atoms with van der Waals surface area (Å²) in [5.74, 6) is 2.51. The van der Waals surface area contributed by atoms with Crippen LogP contribution in [0.15, 0.2) is 54.9 Å². The van der Waals surface area contributed by atoms with E-state index in [0.717, 1.165) is 48.5 Å². The molecule has 3 aromatic rings. The van der Waals surface area contributed by atoms with Gasteiger partial charge in [0.05, 0.1) is 12.1 Å². The zero-order chi connectivity index (χ0) is 19.0. The van der Waals surface area contributed by atoms with Crippen molar-refractivity contribution in [3.8, 4) is 5.75 Å². The Morgan fingerprint density at radius 3 is 2.68 bits per heavy atom. The highest BCUT2D eigenvalue weighted by Crippen LogP contribution is 2.27. The first-order chi connectivity index (χ1) is 13.9. The SMILES string of the molecule is c1ccc(CCCNc2ncnc3cc(OCC4CCCCC4)ccc23)cc1. The number of aryl methyl sites for hydroxylation is 1. The number of anilines is 1. The van der Waals surface area contributed by atoms with Crippen LogP contribution in [0.2, 0.25) is 0 Å². The summed E-state index contributed by atoms with van der Waals surface area (Å²) in [4.78, 5) is 8.88. The second kappa shape index (κ2) is 9.54. The van der Waals surface area contributed by atoms with Crippen LogP contribution in [0.5, 0.6) is 5.75 Å². The van der Waals surface area contributed by atoms with Gasteiger partial charge in [-0.05, 0) is 49.3 Å². The fourth-order valence-corrected chi connectivity index (χ4v) is 3.98. The molecule has 1 N–H and O–H groups in total. The Kier molecular flexibility index (Phi) is 6.38. The lowest BCUT2D eigenvalue weighted by atomic mass is 9.90. The molecule has 0 radical (unpaired) electrons. The molecule has 0 saturated heterocycles. The van der Waals surface area contributed by atoms with Crippen LogP contribution in [0.4, 0.5) is 5.82 Å². The first-order valence-corrected chi connectivity index (χ1v) is 10.5. The fraction of sp³-hybridized carbons (Fsp3) is 0.417. The zero-order valence-corrected chi connectivity index (χ0v) is 16.4. The van der Waals surface area contributed by atoms with Gasteiger partial charge in [0.1, 0.15) is 17.9 Å². The Bertz CT molecular complexity index is 875. The van der Waals surface area contributed by atoms with Crippen LogP contribution < -0.4 is 10.1 Å². The summed E-state index contributed by atoms with van der Waals surface area (Å²) >= 11 is 0. The minimum atomic E-state index is 0.705. The minimum Gasteiger partial charge on any atom is -0.493 e. The third-order valence-electron chi connectivity index (χ3n) is 5.60. The van der Waals surface area contributed by atoms with Gasteiger partial charge >= 0.3 is 0 Å². The molecule has 0 spiro atoms. The molecule has 2 aromatic carbocycles. The van der Waals surface area contributed by atoms with E-state index in [-0.39, 0.29) is 0 Å². The predicted octanol–water partition coefficient (Wildman–Crippen LogP) is 5.63. The van der Waals surface area contributed by atoms with Crippen molar-refractivity contribution in [2.45, 2.75) is 44.9 Å².